The highest BCUT2D eigenvalue weighted by molar-refractivity contribution is 9.10. The van der Waals surface area contributed by atoms with E-state index in [0.717, 1.165) is 21.7 Å². The third-order valence-electron chi connectivity index (χ3n) is 4.70. The van der Waals surface area contributed by atoms with E-state index in [9.17, 15) is 0 Å². The Hall–Kier alpha value is -2.92. The Morgan fingerprint density at radius 2 is 1.73 bits per heavy atom. The van der Waals surface area contributed by atoms with Crippen LogP contribution in [-0.2, 0) is 0 Å². The topological polar surface area (TPSA) is 42.7 Å². The minimum absolute atomic E-state index is 0.0153. The molecule has 4 aromatic rings. The van der Waals surface area contributed by atoms with Gasteiger partial charge in [0.1, 0.15) is 12.4 Å². The molecule has 0 aliphatic carbocycles. The van der Waals surface area contributed by atoms with E-state index in [-0.39, 0.29) is 6.04 Å². The number of hydrogen-bond donors (Lipinski definition) is 1. The molecular weight excluding hydrogens is 388 g/mol. The number of anilines is 1. The molecule has 126 valence electrons. The maximum atomic E-state index is 4.45. The Bertz CT molecular complexity index is 1120. The van der Waals surface area contributed by atoms with Crippen LogP contribution in [0.4, 0.5) is 5.95 Å². The molecule has 1 atom stereocenters. The predicted octanol–water partition coefficient (Wildman–Crippen LogP) is 5.25. The lowest BCUT2D eigenvalue weighted by Crippen LogP contribution is -2.20. The molecule has 0 saturated carbocycles. The van der Waals surface area contributed by atoms with Gasteiger partial charge < -0.3 is 5.32 Å². The van der Waals surface area contributed by atoms with Crippen LogP contribution in [0.15, 0.2) is 83.6 Å². The first-order valence-electron chi connectivity index (χ1n) is 8.41. The van der Waals surface area contributed by atoms with Crippen molar-refractivity contribution in [2.75, 3.05) is 5.32 Å². The summed E-state index contributed by atoms with van der Waals surface area (Å²) in [5.41, 5.74) is 3.37. The highest BCUT2D eigenvalue weighted by Crippen LogP contribution is 2.35. The van der Waals surface area contributed by atoms with Crippen molar-refractivity contribution in [2.45, 2.75) is 6.04 Å². The normalized spacial score (nSPS) is 16.0. The molecule has 4 nitrogen and oxygen atoms in total. The number of halogens is 1. The zero-order valence-corrected chi connectivity index (χ0v) is 15.4. The lowest BCUT2D eigenvalue weighted by Gasteiger charge is -2.25. The summed E-state index contributed by atoms with van der Waals surface area (Å²) in [5.74, 6) is 0.753. The molecule has 5 heteroatoms. The van der Waals surface area contributed by atoms with Crippen LogP contribution in [0.5, 0.6) is 0 Å². The van der Waals surface area contributed by atoms with Gasteiger partial charge in [-0.25, -0.2) is 4.68 Å². The molecule has 0 bridgehead atoms. The summed E-state index contributed by atoms with van der Waals surface area (Å²) in [6.07, 6.45) is 3.81. The van der Waals surface area contributed by atoms with Gasteiger partial charge in [0.15, 0.2) is 0 Å². The van der Waals surface area contributed by atoms with E-state index in [1.807, 2.05) is 16.8 Å². The van der Waals surface area contributed by atoms with Crippen molar-refractivity contribution in [3.8, 4) is 0 Å². The van der Waals surface area contributed by atoms with Crippen LogP contribution >= 0.6 is 15.9 Å². The van der Waals surface area contributed by atoms with Gasteiger partial charge in [-0.2, -0.15) is 10.1 Å². The zero-order valence-electron chi connectivity index (χ0n) is 13.8. The van der Waals surface area contributed by atoms with Gasteiger partial charge in [-0.15, -0.1) is 0 Å². The molecule has 1 aromatic heterocycles. The summed E-state index contributed by atoms with van der Waals surface area (Å²) < 4.78 is 3.00. The number of rotatable bonds is 2. The predicted molar refractivity (Wildman–Crippen MR) is 108 cm³/mol. The van der Waals surface area contributed by atoms with Gasteiger partial charge >= 0.3 is 0 Å². The first-order valence-corrected chi connectivity index (χ1v) is 9.21. The monoisotopic (exact) mass is 402 g/mol. The number of fused-ring (bicyclic) bond motifs is 2. The fraction of sp³-hybridized carbons (Fsp3) is 0.0476. The Balaban J connectivity index is 1.70. The SMILES string of the molecule is Brc1ccc(C2=C[C@H](c3cccc4ccccc34)n3ncnc3N2)cc1. The summed E-state index contributed by atoms with van der Waals surface area (Å²) in [6.45, 7) is 0. The highest BCUT2D eigenvalue weighted by Gasteiger charge is 2.24. The molecule has 1 aliphatic heterocycles. The molecule has 5 rings (SSSR count). The van der Waals surface area contributed by atoms with Gasteiger partial charge in [-0.1, -0.05) is 70.5 Å². The number of aromatic nitrogens is 3. The van der Waals surface area contributed by atoms with E-state index >= 15 is 0 Å². The molecule has 0 unspecified atom stereocenters. The molecule has 26 heavy (non-hydrogen) atoms. The lowest BCUT2D eigenvalue weighted by molar-refractivity contribution is 0.615. The van der Waals surface area contributed by atoms with Gasteiger partial charge in [-0.05, 0) is 40.1 Å². The van der Waals surface area contributed by atoms with Crippen LogP contribution in [0.25, 0.3) is 16.5 Å². The van der Waals surface area contributed by atoms with E-state index < -0.39 is 0 Å². The van der Waals surface area contributed by atoms with Crippen molar-refractivity contribution in [3.05, 3.63) is 94.7 Å². The van der Waals surface area contributed by atoms with Gasteiger partial charge in [0.05, 0.1) is 0 Å². The van der Waals surface area contributed by atoms with Crippen LogP contribution in [-0.4, -0.2) is 14.8 Å². The van der Waals surface area contributed by atoms with E-state index in [1.165, 1.54) is 16.3 Å². The lowest BCUT2D eigenvalue weighted by atomic mass is 9.96. The van der Waals surface area contributed by atoms with Crippen LogP contribution in [0.2, 0.25) is 0 Å². The summed E-state index contributed by atoms with van der Waals surface area (Å²) in [6, 6.07) is 23.1. The number of benzene rings is 3. The molecule has 0 amide bonds. The molecule has 3 aromatic carbocycles. The van der Waals surface area contributed by atoms with Crippen molar-refractivity contribution in [3.63, 3.8) is 0 Å². The minimum Gasteiger partial charge on any atom is -0.324 e. The van der Waals surface area contributed by atoms with E-state index in [2.05, 4.69) is 92.0 Å². The molecule has 1 N–H and O–H groups in total. The first kappa shape index (κ1) is 15.3. The molecular formula is C21H15BrN4. The largest absolute Gasteiger partial charge is 0.324 e. The Kier molecular flexibility index (Phi) is 3.60. The molecule has 0 spiro atoms. The molecule has 0 radical (unpaired) electrons. The molecule has 0 saturated heterocycles. The van der Waals surface area contributed by atoms with Crippen LogP contribution in [0.3, 0.4) is 0 Å². The Morgan fingerprint density at radius 3 is 2.62 bits per heavy atom. The summed E-state index contributed by atoms with van der Waals surface area (Å²) in [4.78, 5) is 4.40. The number of allylic oxidation sites excluding steroid dienone is 1. The summed E-state index contributed by atoms with van der Waals surface area (Å²) >= 11 is 3.50. The van der Waals surface area contributed by atoms with Gasteiger partial charge in [-0.3, -0.25) is 0 Å². The second kappa shape index (κ2) is 6.11. The van der Waals surface area contributed by atoms with Crippen molar-refractivity contribution >= 4 is 38.3 Å². The van der Waals surface area contributed by atoms with Crippen molar-refractivity contribution in [1.82, 2.24) is 14.8 Å². The minimum atomic E-state index is -0.0153. The van der Waals surface area contributed by atoms with Crippen LogP contribution in [0, 0.1) is 0 Å². The van der Waals surface area contributed by atoms with Gasteiger partial charge in [0, 0.05) is 10.2 Å². The Labute approximate surface area is 159 Å². The quantitative estimate of drug-likeness (QED) is 0.497. The number of nitrogens with one attached hydrogen (secondary N) is 1. The molecule has 0 fully saturated rings. The second-order valence-corrected chi connectivity index (χ2v) is 7.17. The third-order valence-corrected chi connectivity index (χ3v) is 5.23. The van der Waals surface area contributed by atoms with Crippen molar-refractivity contribution in [1.29, 1.82) is 0 Å². The van der Waals surface area contributed by atoms with E-state index in [0.29, 0.717) is 0 Å². The first-order chi connectivity index (χ1) is 12.8. The fourth-order valence-corrected chi connectivity index (χ4v) is 3.73. The standard InChI is InChI=1S/C21H15BrN4/c22-16-10-8-15(9-11-16)19-12-20(26-21(25-19)23-13-24-26)18-7-3-5-14-4-1-2-6-17(14)18/h1-13,20H,(H,23,24,25)/t20-/m1/s1. The summed E-state index contributed by atoms with van der Waals surface area (Å²) in [7, 11) is 0. The van der Waals surface area contributed by atoms with Crippen LogP contribution in [0.1, 0.15) is 17.2 Å². The third kappa shape index (κ3) is 2.52. The fourth-order valence-electron chi connectivity index (χ4n) is 3.46. The van der Waals surface area contributed by atoms with E-state index in [1.54, 1.807) is 6.33 Å². The molecule has 2 heterocycles. The van der Waals surface area contributed by atoms with Crippen molar-refractivity contribution in [2.24, 2.45) is 0 Å². The van der Waals surface area contributed by atoms with Gasteiger partial charge in [0.25, 0.3) is 0 Å². The second-order valence-electron chi connectivity index (χ2n) is 6.25. The number of hydrogen-bond acceptors (Lipinski definition) is 3. The zero-order chi connectivity index (χ0) is 17.5. The average Bonchev–Trinajstić information content (AvgIpc) is 3.16. The smallest absolute Gasteiger partial charge is 0.226 e. The molecule has 1 aliphatic rings. The maximum Gasteiger partial charge on any atom is 0.226 e. The van der Waals surface area contributed by atoms with Gasteiger partial charge in [0.2, 0.25) is 5.95 Å². The Morgan fingerprint density at radius 1 is 0.923 bits per heavy atom. The highest BCUT2D eigenvalue weighted by atomic mass is 79.9. The van der Waals surface area contributed by atoms with Crippen LogP contribution < -0.4 is 5.32 Å². The summed E-state index contributed by atoms with van der Waals surface area (Å²) in [5, 5.41) is 10.3. The maximum absolute atomic E-state index is 4.45. The average molecular weight is 403 g/mol. The number of nitrogens with zero attached hydrogens (tertiary/aromatic N) is 3. The van der Waals surface area contributed by atoms with E-state index in [4.69, 9.17) is 0 Å². The van der Waals surface area contributed by atoms with Crippen molar-refractivity contribution < 1.29 is 0 Å².